The van der Waals surface area contributed by atoms with Crippen molar-refractivity contribution in [3.05, 3.63) is 52.6 Å². The summed E-state index contributed by atoms with van der Waals surface area (Å²) < 4.78 is 22.9. The minimum absolute atomic E-state index is 0.459. The van der Waals surface area contributed by atoms with Crippen LogP contribution in [0, 0.1) is 0 Å². The molecule has 5 rings (SSSR count). The maximum absolute atomic E-state index is 10.6. The maximum atomic E-state index is 10.6. The van der Waals surface area contributed by atoms with E-state index in [0.29, 0.717) is 37.6 Å². The number of benzene rings is 2. The van der Waals surface area contributed by atoms with Gasteiger partial charge in [-0.3, -0.25) is 0 Å². The molecule has 4 N–H and O–H groups in total. The lowest BCUT2D eigenvalue weighted by atomic mass is 9.88. The average molecular weight is 430 g/mol. The lowest BCUT2D eigenvalue weighted by Gasteiger charge is -2.40. The van der Waals surface area contributed by atoms with Gasteiger partial charge in [0.2, 0.25) is 0 Å². The van der Waals surface area contributed by atoms with E-state index in [-0.39, 0.29) is 0 Å². The molecule has 0 spiro atoms. The first-order valence-corrected chi connectivity index (χ1v) is 10.5. The molecule has 8 nitrogen and oxygen atoms in total. The normalized spacial score (nSPS) is 29.4. The molecular formula is C23H26O8. The van der Waals surface area contributed by atoms with Gasteiger partial charge in [0.05, 0.1) is 13.2 Å². The molecule has 31 heavy (non-hydrogen) atoms. The van der Waals surface area contributed by atoms with Crippen LogP contribution in [-0.2, 0) is 17.6 Å². The van der Waals surface area contributed by atoms with Crippen LogP contribution < -0.4 is 14.2 Å². The Morgan fingerprint density at radius 1 is 0.839 bits per heavy atom. The summed E-state index contributed by atoms with van der Waals surface area (Å²) in [6, 6.07) is 9.63. The zero-order valence-electron chi connectivity index (χ0n) is 16.9. The van der Waals surface area contributed by atoms with E-state index >= 15 is 0 Å². The number of aliphatic hydroxyl groups is 4. The minimum atomic E-state index is -1.42. The number of fused-ring (bicyclic) bond motifs is 2. The molecular weight excluding hydrogens is 404 g/mol. The Balaban J connectivity index is 1.48. The maximum Gasteiger partial charge on any atom is 0.161 e. The van der Waals surface area contributed by atoms with Crippen LogP contribution in [0.25, 0.3) is 0 Å². The Bertz CT molecular complexity index is 959. The van der Waals surface area contributed by atoms with Crippen molar-refractivity contribution in [2.24, 2.45) is 0 Å². The van der Waals surface area contributed by atoms with Gasteiger partial charge in [-0.25, -0.2) is 0 Å². The van der Waals surface area contributed by atoms with E-state index in [2.05, 4.69) is 0 Å². The summed E-state index contributed by atoms with van der Waals surface area (Å²) in [6.45, 7) is 1.16. The summed E-state index contributed by atoms with van der Waals surface area (Å²) in [5.41, 5.74) is 3.63. The second-order valence-corrected chi connectivity index (χ2v) is 8.17. The van der Waals surface area contributed by atoms with E-state index in [0.717, 1.165) is 34.6 Å². The van der Waals surface area contributed by atoms with Crippen LogP contribution in [0.5, 0.6) is 17.2 Å². The molecule has 166 valence electrons. The van der Waals surface area contributed by atoms with Gasteiger partial charge in [0.25, 0.3) is 0 Å². The number of aliphatic hydroxyl groups excluding tert-OH is 4. The Morgan fingerprint density at radius 3 is 2.45 bits per heavy atom. The highest BCUT2D eigenvalue weighted by atomic mass is 16.6. The van der Waals surface area contributed by atoms with Crippen molar-refractivity contribution in [2.45, 2.75) is 43.4 Å². The third-order valence-electron chi connectivity index (χ3n) is 6.10. The SMILES string of the molecule is OC[C@H]1O[C@@H](c2cc3c(c(Cc4ccc5c(c4)OCCO5)c2)OCC3)[C@H](O)[C@@H](O)[C@@H]1O. The van der Waals surface area contributed by atoms with E-state index in [9.17, 15) is 20.4 Å². The molecule has 0 amide bonds. The van der Waals surface area contributed by atoms with Gasteiger partial charge < -0.3 is 39.4 Å². The zero-order chi connectivity index (χ0) is 21.5. The molecule has 1 saturated heterocycles. The summed E-state index contributed by atoms with van der Waals surface area (Å²) >= 11 is 0. The van der Waals surface area contributed by atoms with Crippen molar-refractivity contribution >= 4 is 0 Å². The molecule has 3 aliphatic rings. The van der Waals surface area contributed by atoms with E-state index < -0.39 is 37.1 Å². The molecule has 0 aromatic heterocycles. The first-order chi connectivity index (χ1) is 15.0. The van der Waals surface area contributed by atoms with Crippen molar-refractivity contribution in [1.29, 1.82) is 0 Å². The molecule has 8 heteroatoms. The lowest BCUT2D eigenvalue weighted by Crippen LogP contribution is -2.55. The second kappa shape index (κ2) is 8.29. The summed E-state index contributed by atoms with van der Waals surface area (Å²) in [5, 5.41) is 40.4. The van der Waals surface area contributed by atoms with Crippen LogP contribution in [0.15, 0.2) is 30.3 Å². The highest BCUT2D eigenvalue weighted by Crippen LogP contribution is 2.39. The molecule has 2 aromatic carbocycles. The molecule has 1 fully saturated rings. The van der Waals surface area contributed by atoms with E-state index in [1.165, 1.54) is 0 Å². The fourth-order valence-electron chi connectivity index (χ4n) is 4.51. The Kier molecular flexibility index (Phi) is 5.49. The second-order valence-electron chi connectivity index (χ2n) is 8.17. The van der Waals surface area contributed by atoms with Crippen molar-refractivity contribution in [3.8, 4) is 17.2 Å². The first kappa shape index (κ1) is 20.5. The monoisotopic (exact) mass is 430 g/mol. The predicted octanol–water partition coefficient (Wildman–Crippen LogP) is 0.498. The Morgan fingerprint density at radius 2 is 1.65 bits per heavy atom. The third-order valence-corrected chi connectivity index (χ3v) is 6.10. The van der Waals surface area contributed by atoms with Gasteiger partial charge in [0, 0.05) is 12.8 Å². The van der Waals surface area contributed by atoms with Crippen molar-refractivity contribution in [2.75, 3.05) is 26.4 Å². The summed E-state index contributed by atoms with van der Waals surface area (Å²) in [4.78, 5) is 0. The fourth-order valence-corrected chi connectivity index (χ4v) is 4.51. The van der Waals surface area contributed by atoms with Gasteiger partial charge in [-0.2, -0.15) is 0 Å². The van der Waals surface area contributed by atoms with Gasteiger partial charge in [-0.1, -0.05) is 6.07 Å². The van der Waals surface area contributed by atoms with Crippen molar-refractivity contribution in [3.63, 3.8) is 0 Å². The topological polar surface area (TPSA) is 118 Å². The fraction of sp³-hybridized carbons (Fsp3) is 0.478. The van der Waals surface area contributed by atoms with Crippen LogP contribution in [0.4, 0.5) is 0 Å². The van der Waals surface area contributed by atoms with Crippen LogP contribution in [-0.4, -0.2) is 71.3 Å². The molecule has 0 aliphatic carbocycles. The molecule has 2 aromatic rings. The molecule has 3 aliphatic heterocycles. The molecule has 5 atom stereocenters. The molecule has 0 unspecified atom stereocenters. The standard InChI is InChI=1S/C23H26O8/c24-11-18-19(25)20(26)21(27)23(31-18)15-9-13-3-4-30-22(13)14(10-15)7-12-1-2-16-17(8-12)29-6-5-28-16/h1-2,8-10,18-21,23-27H,3-7,11H2/t18-,19-,20+,21-,23+/m1/s1. The summed E-state index contributed by atoms with van der Waals surface area (Å²) in [5.74, 6) is 2.26. The molecule has 3 heterocycles. The van der Waals surface area contributed by atoms with E-state index in [1.54, 1.807) is 0 Å². The van der Waals surface area contributed by atoms with Gasteiger partial charge in [-0.05, 0) is 46.5 Å². The van der Waals surface area contributed by atoms with Gasteiger partial charge in [-0.15, -0.1) is 0 Å². The van der Waals surface area contributed by atoms with Gasteiger partial charge in [0.15, 0.2) is 11.5 Å². The lowest BCUT2D eigenvalue weighted by molar-refractivity contribution is -0.231. The highest BCUT2D eigenvalue weighted by molar-refractivity contribution is 5.51. The van der Waals surface area contributed by atoms with Crippen LogP contribution in [0.2, 0.25) is 0 Å². The van der Waals surface area contributed by atoms with Crippen LogP contribution in [0.1, 0.15) is 28.4 Å². The van der Waals surface area contributed by atoms with Gasteiger partial charge >= 0.3 is 0 Å². The number of hydrogen-bond acceptors (Lipinski definition) is 8. The Hall–Kier alpha value is -2.36. The third kappa shape index (κ3) is 3.75. The Labute approximate surface area is 179 Å². The van der Waals surface area contributed by atoms with Gasteiger partial charge in [0.1, 0.15) is 49.5 Å². The van der Waals surface area contributed by atoms with E-state index in [4.69, 9.17) is 18.9 Å². The summed E-state index contributed by atoms with van der Waals surface area (Å²) in [7, 11) is 0. The zero-order valence-corrected chi connectivity index (χ0v) is 16.9. The first-order valence-electron chi connectivity index (χ1n) is 10.5. The number of rotatable bonds is 4. The van der Waals surface area contributed by atoms with Crippen molar-refractivity contribution in [1.82, 2.24) is 0 Å². The highest BCUT2D eigenvalue weighted by Gasteiger charge is 2.44. The number of hydrogen-bond donors (Lipinski definition) is 4. The largest absolute Gasteiger partial charge is 0.493 e. The summed E-state index contributed by atoms with van der Waals surface area (Å²) in [6.07, 6.45) is -4.64. The van der Waals surface area contributed by atoms with Crippen molar-refractivity contribution < 1.29 is 39.4 Å². The van der Waals surface area contributed by atoms with Crippen LogP contribution in [0.3, 0.4) is 0 Å². The predicted molar refractivity (Wildman–Crippen MR) is 109 cm³/mol. The smallest absolute Gasteiger partial charge is 0.161 e. The van der Waals surface area contributed by atoms with Crippen LogP contribution >= 0.6 is 0 Å². The number of ether oxygens (including phenoxy) is 4. The average Bonchev–Trinajstić information content (AvgIpc) is 3.27. The quantitative estimate of drug-likeness (QED) is 0.554. The molecule has 0 saturated carbocycles. The minimum Gasteiger partial charge on any atom is -0.493 e. The molecule has 0 bridgehead atoms. The van der Waals surface area contributed by atoms with E-state index in [1.807, 2.05) is 30.3 Å². The molecule has 0 radical (unpaired) electrons.